The summed E-state index contributed by atoms with van der Waals surface area (Å²) >= 11 is 0. The average Bonchev–Trinajstić information content (AvgIpc) is 2.00. The molecule has 0 saturated carbocycles. The molecule has 0 saturated heterocycles. The van der Waals surface area contributed by atoms with Gasteiger partial charge in [0.1, 0.15) is 0 Å². The lowest BCUT2D eigenvalue weighted by Crippen LogP contribution is -2.38. The van der Waals surface area contributed by atoms with Crippen molar-refractivity contribution < 1.29 is 4.79 Å². The third-order valence-corrected chi connectivity index (χ3v) is 2.11. The molecular formula is C11H24N2O. The van der Waals surface area contributed by atoms with Gasteiger partial charge in [-0.25, -0.2) is 0 Å². The van der Waals surface area contributed by atoms with Crippen LogP contribution < -0.4 is 5.73 Å². The number of hydrogen-bond acceptors (Lipinski definition) is 2. The first-order valence-electron chi connectivity index (χ1n) is 5.23. The van der Waals surface area contributed by atoms with E-state index in [0.717, 1.165) is 13.0 Å². The van der Waals surface area contributed by atoms with Crippen LogP contribution in [-0.2, 0) is 4.79 Å². The van der Waals surface area contributed by atoms with Gasteiger partial charge in [0.05, 0.1) is 0 Å². The number of rotatable bonds is 4. The molecule has 0 aromatic heterocycles. The topological polar surface area (TPSA) is 46.3 Å². The summed E-state index contributed by atoms with van der Waals surface area (Å²) in [5, 5.41) is 0. The maximum atomic E-state index is 11.8. The van der Waals surface area contributed by atoms with Gasteiger partial charge in [0.2, 0.25) is 5.91 Å². The normalized spacial score (nSPS) is 13.9. The zero-order valence-electron chi connectivity index (χ0n) is 10.1. The largest absolute Gasteiger partial charge is 0.345 e. The molecule has 1 unspecified atom stereocenters. The Hall–Kier alpha value is -0.570. The van der Waals surface area contributed by atoms with E-state index in [1.165, 1.54) is 0 Å². The number of hydrogen-bond donors (Lipinski definition) is 1. The van der Waals surface area contributed by atoms with Crippen LogP contribution in [0.2, 0.25) is 0 Å². The highest BCUT2D eigenvalue weighted by Crippen LogP contribution is 2.16. The molecule has 0 aliphatic heterocycles. The van der Waals surface area contributed by atoms with Crippen molar-refractivity contribution in [1.82, 2.24) is 4.90 Å². The van der Waals surface area contributed by atoms with Crippen LogP contribution in [0.5, 0.6) is 0 Å². The van der Waals surface area contributed by atoms with Crippen LogP contribution in [-0.4, -0.2) is 30.9 Å². The fourth-order valence-corrected chi connectivity index (χ4v) is 1.54. The zero-order chi connectivity index (χ0) is 11.4. The fourth-order valence-electron chi connectivity index (χ4n) is 1.54. The molecule has 3 nitrogen and oxygen atoms in total. The highest BCUT2D eigenvalue weighted by Gasteiger charge is 2.21. The van der Waals surface area contributed by atoms with E-state index in [1.54, 1.807) is 4.90 Å². The Morgan fingerprint density at radius 2 is 1.93 bits per heavy atom. The SMILES string of the molecule is CC(CCN)C(=O)N(C)CC(C)(C)C. The molecule has 0 radical (unpaired) electrons. The molecule has 2 N–H and O–H groups in total. The maximum absolute atomic E-state index is 11.8. The number of carbonyl (C=O) groups excluding carboxylic acids is 1. The first-order valence-corrected chi connectivity index (χ1v) is 5.23. The van der Waals surface area contributed by atoms with E-state index in [2.05, 4.69) is 20.8 Å². The lowest BCUT2D eigenvalue weighted by Gasteiger charge is -2.28. The Morgan fingerprint density at radius 1 is 1.43 bits per heavy atom. The minimum absolute atomic E-state index is 0.0485. The zero-order valence-corrected chi connectivity index (χ0v) is 10.1. The molecule has 0 aromatic carbocycles. The number of amides is 1. The van der Waals surface area contributed by atoms with Crippen LogP contribution >= 0.6 is 0 Å². The summed E-state index contributed by atoms with van der Waals surface area (Å²) in [6.07, 6.45) is 0.771. The van der Waals surface area contributed by atoms with Gasteiger partial charge >= 0.3 is 0 Å². The van der Waals surface area contributed by atoms with E-state index in [9.17, 15) is 4.79 Å². The molecule has 0 rings (SSSR count). The van der Waals surface area contributed by atoms with Crippen LogP contribution in [0.4, 0.5) is 0 Å². The molecule has 0 fully saturated rings. The second-order valence-electron chi connectivity index (χ2n) is 5.23. The van der Waals surface area contributed by atoms with Gasteiger partial charge in [-0.05, 0) is 18.4 Å². The lowest BCUT2D eigenvalue weighted by molar-refractivity contribution is -0.134. The first-order chi connectivity index (χ1) is 6.28. The third kappa shape index (κ3) is 5.22. The molecule has 0 bridgehead atoms. The van der Waals surface area contributed by atoms with Gasteiger partial charge in [0.25, 0.3) is 0 Å². The van der Waals surface area contributed by atoms with E-state index in [-0.39, 0.29) is 17.2 Å². The average molecular weight is 200 g/mol. The summed E-state index contributed by atoms with van der Waals surface area (Å²) in [6, 6.07) is 0. The van der Waals surface area contributed by atoms with Crippen molar-refractivity contribution >= 4 is 5.91 Å². The van der Waals surface area contributed by atoms with Crippen LogP contribution in [0.3, 0.4) is 0 Å². The Labute approximate surface area is 87.6 Å². The molecule has 1 atom stereocenters. The Bertz CT molecular complexity index is 184. The van der Waals surface area contributed by atoms with E-state index in [1.807, 2.05) is 14.0 Å². The molecule has 14 heavy (non-hydrogen) atoms. The fraction of sp³-hybridized carbons (Fsp3) is 0.909. The number of nitrogens with zero attached hydrogens (tertiary/aromatic N) is 1. The Kier molecular flexibility index (Phi) is 5.13. The van der Waals surface area contributed by atoms with Gasteiger partial charge in [-0.15, -0.1) is 0 Å². The summed E-state index contributed by atoms with van der Waals surface area (Å²) < 4.78 is 0. The van der Waals surface area contributed by atoms with Crippen molar-refractivity contribution in [1.29, 1.82) is 0 Å². The predicted octanol–water partition coefficient (Wildman–Crippen LogP) is 1.48. The molecule has 0 aromatic rings. The minimum atomic E-state index is 0.0485. The smallest absolute Gasteiger partial charge is 0.225 e. The highest BCUT2D eigenvalue weighted by atomic mass is 16.2. The van der Waals surface area contributed by atoms with E-state index in [4.69, 9.17) is 5.73 Å². The van der Waals surface area contributed by atoms with E-state index in [0.29, 0.717) is 6.54 Å². The van der Waals surface area contributed by atoms with Gasteiger partial charge in [-0.1, -0.05) is 27.7 Å². The van der Waals surface area contributed by atoms with Gasteiger partial charge in [0, 0.05) is 19.5 Å². The van der Waals surface area contributed by atoms with Crippen molar-refractivity contribution in [2.45, 2.75) is 34.1 Å². The monoisotopic (exact) mass is 200 g/mol. The number of nitrogens with two attached hydrogens (primary N) is 1. The van der Waals surface area contributed by atoms with Crippen molar-refractivity contribution in [3.8, 4) is 0 Å². The minimum Gasteiger partial charge on any atom is -0.345 e. The second kappa shape index (κ2) is 5.35. The van der Waals surface area contributed by atoms with Crippen molar-refractivity contribution in [2.24, 2.45) is 17.1 Å². The van der Waals surface area contributed by atoms with Crippen molar-refractivity contribution in [2.75, 3.05) is 20.1 Å². The summed E-state index contributed by atoms with van der Waals surface area (Å²) in [7, 11) is 1.86. The first kappa shape index (κ1) is 13.4. The molecule has 0 heterocycles. The lowest BCUT2D eigenvalue weighted by atomic mass is 9.95. The van der Waals surface area contributed by atoms with Gasteiger partial charge in [0.15, 0.2) is 0 Å². The van der Waals surface area contributed by atoms with Gasteiger partial charge < -0.3 is 10.6 Å². The third-order valence-electron chi connectivity index (χ3n) is 2.11. The molecule has 1 amide bonds. The van der Waals surface area contributed by atoms with Gasteiger partial charge in [-0.2, -0.15) is 0 Å². The summed E-state index contributed by atoms with van der Waals surface area (Å²) in [6.45, 7) is 9.70. The summed E-state index contributed by atoms with van der Waals surface area (Å²) in [4.78, 5) is 13.6. The molecule has 3 heteroatoms. The molecule has 0 aliphatic rings. The molecule has 0 spiro atoms. The van der Waals surface area contributed by atoms with Crippen LogP contribution in [0.25, 0.3) is 0 Å². The van der Waals surface area contributed by atoms with E-state index < -0.39 is 0 Å². The van der Waals surface area contributed by atoms with Crippen LogP contribution in [0.1, 0.15) is 34.1 Å². The van der Waals surface area contributed by atoms with Gasteiger partial charge in [-0.3, -0.25) is 4.79 Å². The summed E-state index contributed by atoms with van der Waals surface area (Å²) in [5.74, 6) is 0.248. The standard InChI is InChI=1S/C11H24N2O/c1-9(6-7-12)10(14)13(5)8-11(2,3)4/h9H,6-8,12H2,1-5H3. The predicted molar refractivity (Wildman–Crippen MR) is 59.9 cm³/mol. The van der Waals surface area contributed by atoms with E-state index >= 15 is 0 Å². The Balaban J connectivity index is 4.12. The van der Waals surface area contributed by atoms with Crippen molar-refractivity contribution in [3.05, 3.63) is 0 Å². The Morgan fingerprint density at radius 3 is 2.29 bits per heavy atom. The second-order valence-corrected chi connectivity index (χ2v) is 5.23. The highest BCUT2D eigenvalue weighted by molar-refractivity contribution is 5.78. The maximum Gasteiger partial charge on any atom is 0.225 e. The molecular weight excluding hydrogens is 176 g/mol. The number of carbonyl (C=O) groups is 1. The van der Waals surface area contributed by atoms with Crippen molar-refractivity contribution in [3.63, 3.8) is 0 Å². The molecule has 0 aliphatic carbocycles. The molecule has 84 valence electrons. The van der Waals surface area contributed by atoms with Crippen LogP contribution in [0, 0.1) is 11.3 Å². The summed E-state index contributed by atoms with van der Waals surface area (Å²) in [5.41, 5.74) is 5.58. The quantitative estimate of drug-likeness (QED) is 0.747. The van der Waals surface area contributed by atoms with Crippen LogP contribution in [0.15, 0.2) is 0 Å².